The Morgan fingerprint density at radius 2 is 2.03 bits per heavy atom. The average Bonchev–Trinajstić information content (AvgIpc) is 3.12. The lowest BCUT2D eigenvalue weighted by molar-refractivity contribution is -0.133. The molecule has 0 unspecified atom stereocenters. The monoisotopic (exact) mass is 418 g/mol. The molecule has 0 fully saturated rings. The van der Waals surface area contributed by atoms with Gasteiger partial charge in [-0.3, -0.25) is 4.79 Å². The normalized spacial score (nSPS) is 11.8. The third kappa shape index (κ3) is 6.59. The first-order valence-electron chi connectivity index (χ1n) is 10.1. The molecule has 0 aliphatic rings. The summed E-state index contributed by atoms with van der Waals surface area (Å²) in [4.78, 5) is 29.1. The first-order chi connectivity index (χ1) is 14.3. The summed E-state index contributed by atoms with van der Waals surface area (Å²) in [7, 11) is 3.51. The van der Waals surface area contributed by atoms with E-state index in [1.807, 2.05) is 43.8 Å². The second kappa shape index (κ2) is 11.3. The molecular formula is C22H31FN4O3. The molecule has 7 nitrogen and oxygen atoms in total. The number of benzene rings is 1. The van der Waals surface area contributed by atoms with E-state index in [4.69, 9.17) is 4.74 Å². The number of amides is 3. The number of methoxy groups -OCH3 is 1. The summed E-state index contributed by atoms with van der Waals surface area (Å²) in [5.41, 5.74) is 1.33. The second-order valence-corrected chi connectivity index (χ2v) is 7.24. The van der Waals surface area contributed by atoms with Crippen LogP contribution in [0.15, 0.2) is 42.6 Å². The lowest BCUT2D eigenvalue weighted by Gasteiger charge is -2.31. The van der Waals surface area contributed by atoms with E-state index in [-0.39, 0.29) is 18.5 Å². The van der Waals surface area contributed by atoms with E-state index >= 15 is 0 Å². The molecule has 1 aromatic carbocycles. The maximum Gasteiger partial charge on any atom is 0.322 e. The van der Waals surface area contributed by atoms with Gasteiger partial charge in [0.25, 0.3) is 0 Å². The van der Waals surface area contributed by atoms with Gasteiger partial charge in [-0.15, -0.1) is 0 Å². The van der Waals surface area contributed by atoms with Crippen molar-refractivity contribution in [3.05, 3.63) is 54.1 Å². The van der Waals surface area contributed by atoms with Crippen LogP contribution in [-0.2, 0) is 23.1 Å². The molecule has 1 atom stereocenters. The van der Waals surface area contributed by atoms with Crippen LogP contribution in [0, 0.1) is 5.82 Å². The number of aryl methyl sites for hydroxylation is 1. The molecule has 3 amide bonds. The summed E-state index contributed by atoms with van der Waals surface area (Å²) in [6.07, 6.45) is 2.60. The van der Waals surface area contributed by atoms with Crippen molar-refractivity contribution in [3.63, 3.8) is 0 Å². The van der Waals surface area contributed by atoms with Gasteiger partial charge in [0, 0.05) is 44.3 Å². The zero-order chi connectivity index (χ0) is 22.1. The summed E-state index contributed by atoms with van der Waals surface area (Å²) in [6, 6.07) is 8.96. The molecule has 0 aliphatic heterocycles. The number of ether oxygens (including phenoxy) is 1. The average molecular weight is 419 g/mol. The molecule has 0 saturated carbocycles. The second-order valence-electron chi connectivity index (χ2n) is 7.24. The summed E-state index contributed by atoms with van der Waals surface area (Å²) >= 11 is 0. The number of nitrogens with one attached hydrogen (secondary N) is 1. The Labute approximate surface area is 177 Å². The molecule has 0 saturated heterocycles. The minimum Gasteiger partial charge on any atom is -0.383 e. The van der Waals surface area contributed by atoms with Crippen molar-refractivity contribution in [1.82, 2.24) is 14.4 Å². The zero-order valence-electron chi connectivity index (χ0n) is 18.1. The molecule has 0 radical (unpaired) electrons. The third-order valence-corrected chi connectivity index (χ3v) is 5.09. The first kappa shape index (κ1) is 23.4. The maximum absolute atomic E-state index is 13.5. The number of anilines is 1. The van der Waals surface area contributed by atoms with Crippen molar-refractivity contribution in [1.29, 1.82) is 0 Å². The highest BCUT2D eigenvalue weighted by Crippen LogP contribution is 2.14. The largest absolute Gasteiger partial charge is 0.383 e. The Morgan fingerprint density at radius 3 is 2.63 bits per heavy atom. The summed E-state index contributed by atoms with van der Waals surface area (Å²) in [5, 5.41) is 2.69. The number of halogens is 1. The summed E-state index contributed by atoms with van der Waals surface area (Å²) in [5.74, 6) is -0.616. The molecule has 8 heteroatoms. The van der Waals surface area contributed by atoms with Gasteiger partial charge in [-0.1, -0.05) is 13.0 Å². The zero-order valence-corrected chi connectivity index (χ0v) is 18.1. The highest BCUT2D eigenvalue weighted by atomic mass is 19.1. The number of hydrogen-bond acceptors (Lipinski definition) is 3. The van der Waals surface area contributed by atoms with Crippen molar-refractivity contribution in [2.24, 2.45) is 7.05 Å². The summed E-state index contributed by atoms with van der Waals surface area (Å²) in [6.45, 7) is 4.99. The molecule has 30 heavy (non-hydrogen) atoms. The molecular weight excluding hydrogens is 387 g/mol. The first-order valence-corrected chi connectivity index (χ1v) is 10.1. The molecule has 2 aromatic rings. The number of carbonyl (C=O) groups excluding carboxylic acids is 2. The van der Waals surface area contributed by atoms with Crippen molar-refractivity contribution in [2.75, 3.05) is 32.1 Å². The van der Waals surface area contributed by atoms with Gasteiger partial charge < -0.3 is 24.4 Å². The van der Waals surface area contributed by atoms with Gasteiger partial charge in [-0.05, 0) is 43.7 Å². The minimum absolute atomic E-state index is 0.0791. The highest BCUT2D eigenvalue weighted by Gasteiger charge is 2.25. The van der Waals surface area contributed by atoms with Crippen LogP contribution in [0.4, 0.5) is 14.9 Å². The van der Waals surface area contributed by atoms with E-state index in [9.17, 15) is 14.0 Å². The van der Waals surface area contributed by atoms with Crippen LogP contribution in [0.5, 0.6) is 0 Å². The molecule has 1 heterocycles. The van der Waals surface area contributed by atoms with Crippen molar-refractivity contribution in [3.8, 4) is 0 Å². The van der Waals surface area contributed by atoms with Gasteiger partial charge in [-0.2, -0.15) is 0 Å². The molecule has 164 valence electrons. The van der Waals surface area contributed by atoms with Crippen LogP contribution in [0.3, 0.4) is 0 Å². The Balaban J connectivity index is 2.14. The van der Waals surface area contributed by atoms with Crippen LogP contribution in [0.1, 0.15) is 26.0 Å². The Kier molecular flexibility index (Phi) is 8.86. The third-order valence-electron chi connectivity index (χ3n) is 5.09. The number of nitrogens with zero attached hydrogens (tertiary/aromatic N) is 3. The van der Waals surface area contributed by atoms with Crippen LogP contribution in [0.25, 0.3) is 0 Å². The van der Waals surface area contributed by atoms with Gasteiger partial charge in [0.1, 0.15) is 12.4 Å². The molecule has 0 spiro atoms. The lowest BCUT2D eigenvalue weighted by atomic mass is 10.2. The smallest absolute Gasteiger partial charge is 0.322 e. The van der Waals surface area contributed by atoms with Crippen LogP contribution in [0.2, 0.25) is 0 Å². The topological polar surface area (TPSA) is 66.8 Å². The van der Waals surface area contributed by atoms with Gasteiger partial charge in [0.05, 0.1) is 13.2 Å². The number of hydrogen-bond donors (Lipinski definition) is 1. The minimum atomic E-state index is -0.438. The van der Waals surface area contributed by atoms with Crippen LogP contribution >= 0.6 is 0 Å². The van der Waals surface area contributed by atoms with Crippen molar-refractivity contribution >= 4 is 17.6 Å². The van der Waals surface area contributed by atoms with E-state index in [1.54, 1.807) is 18.1 Å². The molecule has 2 rings (SSSR count). The quantitative estimate of drug-likeness (QED) is 0.643. The number of urea groups is 1. The van der Waals surface area contributed by atoms with Crippen LogP contribution < -0.4 is 5.32 Å². The lowest BCUT2D eigenvalue weighted by Crippen LogP contribution is -2.48. The summed E-state index contributed by atoms with van der Waals surface area (Å²) < 4.78 is 20.6. The van der Waals surface area contributed by atoms with E-state index < -0.39 is 11.8 Å². The van der Waals surface area contributed by atoms with Gasteiger partial charge in [0.15, 0.2) is 0 Å². The fraction of sp³-hybridized carbons (Fsp3) is 0.455. The fourth-order valence-corrected chi connectivity index (χ4v) is 3.01. The van der Waals surface area contributed by atoms with E-state index in [1.165, 1.54) is 23.1 Å². The Bertz CT molecular complexity index is 839. The van der Waals surface area contributed by atoms with Crippen molar-refractivity contribution < 1.29 is 18.7 Å². The maximum atomic E-state index is 13.5. The number of aromatic nitrogens is 1. The van der Waals surface area contributed by atoms with Crippen LogP contribution in [-0.4, -0.2) is 59.2 Å². The van der Waals surface area contributed by atoms with E-state index in [0.717, 1.165) is 5.69 Å². The molecule has 0 bridgehead atoms. The standard InChI is InChI=1S/C22H31FN4O3/c1-5-17(2)27(22(29)24-19-9-6-8-18(23)14-19)16-21(28)26(12-13-30-4)15-20-10-7-11-25(20)3/h6-11,14,17H,5,12-13,15-16H2,1-4H3,(H,24,29)/t17-/m0/s1. The molecule has 1 aromatic heterocycles. The van der Waals surface area contributed by atoms with Gasteiger partial charge >= 0.3 is 6.03 Å². The van der Waals surface area contributed by atoms with Gasteiger partial charge in [-0.25, -0.2) is 9.18 Å². The number of carbonyl (C=O) groups is 2. The van der Waals surface area contributed by atoms with Crippen molar-refractivity contribution in [2.45, 2.75) is 32.9 Å². The fourth-order valence-electron chi connectivity index (χ4n) is 3.01. The van der Waals surface area contributed by atoms with E-state index in [2.05, 4.69) is 5.32 Å². The SMILES string of the molecule is CC[C@H](C)N(CC(=O)N(CCOC)Cc1cccn1C)C(=O)Nc1cccc(F)c1. The highest BCUT2D eigenvalue weighted by molar-refractivity contribution is 5.92. The predicted octanol–water partition coefficient (Wildman–Crippen LogP) is 3.47. The molecule has 1 N–H and O–H groups in total. The van der Waals surface area contributed by atoms with Gasteiger partial charge in [0.2, 0.25) is 5.91 Å². The predicted molar refractivity (Wildman–Crippen MR) is 115 cm³/mol. The Morgan fingerprint density at radius 1 is 1.27 bits per heavy atom. The van der Waals surface area contributed by atoms with E-state index in [0.29, 0.717) is 31.8 Å². The number of rotatable bonds is 10. The Hall–Kier alpha value is -2.87. The molecule has 0 aliphatic carbocycles.